The number of hydrogen-bond acceptors (Lipinski definition) is 4. The van der Waals surface area contributed by atoms with Crippen LogP contribution in [0.2, 0.25) is 0 Å². The molecule has 0 aliphatic rings. The molecular weight excluding hydrogens is 358 g/mol. The number of esters is 1. The van der Waals surface area contributed by atoms with Crippen molar-refractivity contribution in [2.45, 2.75) is 26.7 Å². The molecule has 150 valence electrons. The summed E-state index contributed by atoms with van der Waals surface area (Å²) in [5.74, 6) is -0.582. The summed E-state index contributed by atoms with van der Waals surface area (Å²) in [6, 6.07) is 11.2. The van der Waals surface area contributed by atoms with E-state index in [2.05, 4.69) is 5.32 Å². The van der Waals surface area contributed by atoms with Gasteiger partial charge in [0.15, 0.2) is 0 Å². The predicted octanol–water partition coefficient (Wildman–Crippen LogP) is 2.40. The first-order valence-corrected chi connectivity index (χ1v) is 9.44. The summed E-state index contributed by atoms with van der Waals surface area (Å²) >= 11 is 0. The molecule has 2 aromatic rings. The number of nitrogens with one attached hydrogen (secondary N) is 1. The third-order valence-corrected chi connectivity index (χ3v) is 4.17. The second-order valence-electron chi connectivity index (χ2n) is 6.32. The molecule has 0 fully saturated rings. The first-order chi connectivity index (χ1) is 13.5. The molecule has 2 rings (SSSR count). The van der Waals surface area contributed by atoms with E-state index < -0.39 is 0 Å². The minimum atomic E-state index is -0.329. The molecule has 0 spiro atoms. The monoisotopic (exact) mass is 385 g/mol. The highest BCUT2D eigenvalue weighted by atomic mass is 16.5. The lowest BCUT2D eigenvalue weighted by molar-refractivity contribution is -0.143. The van der Waals surface area contributed by atoms with Gasteiger partial charge in [0.05, 0.1) is 13.0 Å². The standard InChI is InChI=1S/C21H27N3O4/c1-3-28-20(26)11-16-24(15-6-12-22-17(2)25)21(27)18-7-9-19(10-8-18)23-13-4-5-14-23/h4-5,7-10,13-14H,3,6,11-12,15-16H2,1-2H3,(H,22,25). The number of carbonyl (C=O) groups is 3. The highest BCUT2D eigenvalue weighted by molar-refractivity contribution is 5.94. The molecule has 0 bridgehead atoms. The van der Waals surface area contributed by atoms with Crippen molar-refractivity contribution in [2.24, 2.45) is 0 Å². The Morgan fingerprint density at radius 2 is 1.75 bits per heavy atom. The molecular formula is C21H27N3O4. The lowest BCUT2D eigenvalue weighted by Crippen LogP contribution is -2.36. The van der Waals surface area contributed by atoms with Crippen LogP contribution in [0, 0.1) is 0 Å². The van der Waals surface area contributed by atoms with Crippen LogP contribution in [0.15, 0.2) is 48.8 Å². The number of ether oxygens (including phenoxy) is 1. The largest absolute Gasteiger partial charge is 0.466 e. The average molecular weight is 385 g/mol. The Morgan fingerprint density at radius 1 is 1.07 bits per heavy atom. The number of amides is 2. The molecule has 0 unspecified atom stereocenters. The molecule has 28 heavy (non-hydrogen) atoms. The second-order valence-corrected chi connectivity index (χ2v) is 6.32. The van der Waals surface area contributed by atoms with Crippen LogP contribution in [0.4, 0.5) is 0 Å². The molecule has 1 aromatic carbocycles. The van der Waals surface area contributed by atoms with Gasteiger partial charge in [0, 0.05) is 50.2 Å². The van der Waals surface area contributed by atoms with E-state index in [9.17, 15) is 14.4 Å². The number of rotatable bonds is 10. The zero-order chi connectivity index (χ0) is 20.4. The van der Waals surface area contributed by atoms with Crippen LogP contribution in [0.25, 0.3) is 5.69 Å². The van der Waals surface area contributed by atoms with Crippen molar-refractivity contribution in [3.05, 3.63) is 54.4 Å². The van der Waals surface area contributed by atoms with E-state index in [1.54, 1.807) is 24.0 Å². The van der Waals surface area contributed by atoms with Crippen LogP contribution in [0.3, 0.4) is 0 Å². The lowest BCUT2D eigenvalue weighted by Gasteiger charge is -2.22. The van der Waals surface area contributed by atoms with E-state index in [1.807, 2.05) is 41.2 Å². The van der Waals surface area contributed by atoms with E-state index in [0.29, 0.717) is 31.7 Å². The third kappa shape index (κ3) is 6.57. The highest BCUT2D eigenvalue weighted by Crippen LogP contribution is 2.13. The minimum Gasteiger partial charge on any atom is -0.466 e. The Labute approximate surface area is 165 Å². The van der Waals surface area contributed by atoms with Crippen molar-refractivity contribution in [3.63, 3.8) is 0 Å². The van der Waals surface area contributed by atoms with Crippen LogP contribution in [0.1, 0.15) is 37.0 Å². The van der Waals surface area contributed by atoms with Gasteiger partial charge >= 0.3 is 5.97 Å². The van der Waals surface area contributed by atoms with Gasteiger partial charge in [0.2, 0.25) is 5.91 Å². The van der Waals surface area contributed by atoms with E-state index in [1.165, 1.54) is 6.92 Å². The lowest BCUT2D eigenvalue weighted by atomic mass is 10.1. The fourth-order valence-corrected chi connectivity index (χ4v) is 2.77. The second kappa shape index (κ2) is 10.9. The highest BCUT2D eigenvalue weighted by Gasteiger charge is 2.17. The Balaban J connectivity index is 2.03. The van der Waals surface area contributed by atoms with Crippen LogP contribution >= 0.6 is 0 Å². The fourth-order valence-electron chi connectivity index (χ4n) is 2.77. The quantitative estimate of drug-likeness (QED) is 0.503. The number of hydrogen-bond donors (Lipinski definition) is 1. The Bertz CT molecular complexity index is 769. The third-order valence-electron chi connectivity index (χ3n) is 4.17. The van der Waals surface area contributed by atoms with Gasteiger partial charge in [-0.05, 0) is 49.7 Å². The zero-order valence-electron chi connectivity index (χ0n) is 16.4. The van der Waals surface area contributed by atoms with E-state index in [4.69, 9.17) is 4.74 Å². The van der Waals surface area contributed by atoms with Crippen molar-refractivity contribution in [2.75, 3.05) is 26.2 Å². The molecule has 1 heterocycles. The van der Waals surface area contributed by atoms with Gasteiger partial charge < -0.3 is 19.5 Å². The van der Waals surface area contributed by atoms with E-state index >= 15 is 0 Å². The fraction of sp³-hybridized carbons (Fsp3) is 0.381. The molecule has 7 nitrogen and oxygen atoms in total. The van der Waals surface area contributed by atoms with Crippen LogP contribution < -0.4 is 5.32 Å². The average Bonchev–Trinajstić information content (AvgIpc) is 3.22. The summed E-state index contributed by atoms with van der Waals surface area (Å²) in [4.78, 5) is 37.2. The Hall–Kier alpha value is -3.09. The smallest absolute Gasteiger partial charge is 0.307 e. The molecule has 0 saturated carbocycles. The van der Waals surface area contributed by atoms with Crippen molar-refractivity contribution in [1.82, 2.24) is 14.8 Å². The molecule has 1 N–H and O–H groups in total. The Morgan fingerprint density at radius 3 is 2.36 bits per heavy atom. The topological polar surface area (TPSA) is 80.6 Å². The summed E-state index contributed by atoms with van der Waals surface area (Å²) < 4.78 is 6.91. The maximum absolute atomic E-state index is 12.9. The van der Waals surface area contributed by atoms with Gasteiger partial charge in [0.1, 0.15) is 0 Å². The Kier molecular flexibility index (Phi) is 8.27. The maximum atomic E-state index is 12.9. The summed E-state index contributed by atoms with van der Waals surface area (Å²) in [7, 11) is 0. The number of benzene rings is 1. The maximum Gasteiger partial charge on any atom is 0.307 e. The summed E-state index contributed by atoms with van der Waals surface area (Å²) in [5, 5.41) is 2.72. The van der Waals surface area contributed by atoms with Crippen LogP contribution in [-0.4, -0.2) is 53.5 Å². The zero-order valence-corrected chi connectivity index (χ0v) is 16.4. The molecule has 7 heteroatoms. The van der Waals surface area contributed by atoms with Gasteiger partial charge in [-0.3, -0.25) is 14.4 Å². The van der Waals surface area contributed by atoms with Crippen LogP contribution in [-0.2, 0) is 14.3 Å². The molecule has 1 aromatic heterocycles. The molecule has 2 amide bonds. The molecule has 0 radical (unpaired) electrons. The van der Waals surface area contributed by atoms with Crippen molar-refractivity contribution in [1.29, 1.82) is 0 Å². The molecule has 0 aliphatic carbocycles. The van der Waals surface area contributed by atoms with E-state index in [-0.39, 0.29) is 30.7 Å². The summed E-state index contributed by atoms with van der Waals surface area (Å²) in [5.41, 5.74) is 1.52. The first kappa shape index (κ1) is 21.2. The molecule has 0 atom stereocenters. The van der Waals surface area contributed by atoms with Gasteiger partial charge in [-0.15, -0.1) is 0 Å². The van der Waals surface area contributed by atoms with Crippen molar-refractivity contribution >= 4 is 17.8 Å². The predicted molar refractivity (Wildman–Crippen MR) is 106 cm³/mol. The van der Waals surface area contributed by atoms with Crippen LogP contribution in [0.5, 0.6) is 0 Å². The normalized spacial score (nSPS) is 10.4. The van der Waals surface area contributed by atoms with Gasteiger partial charge in [-0.2, -0.15) is 0 Å². The minimum absolute atomic E-state index is 0.106. The number of carbonyl (C=O) groups excluding carboxylic acids is 3. The van der Waals surface area contributed by atoms with Gasteiger partial charge in [0.25, 0.3) is 5.91 Å². The summed E-state index contributed by atoms with van der Waals surface area (Å²) in [6.45, 7) is 4.72. The van der Waals surface area contributed by atoms with Gasteiger partial charge in [-0.25, -0.2) is 0 Å². The van der Waals surface area contributed by atoms with Crippen molar-refractivity contribution in [3.8, 4) is 5.69 Å². The summed E-state index contributed by atoms with van der Waals surface area (Å²) in [6.07, 6.45) is 4.62. The molecule has 0 aliphatic heterocycles. The van der Waals surface area contributed by atoms with E-state index in [0.717, 1.165) is 5.69 Å². The SMILES string of the molecule is CCOC(=O)CCN(CCCNC(C)=O)C(=O)c1ccc(-n2cccc2)cc1. The van der Waals surface area contributed by atoms with Gasteiger partial charge in [-0.1, -0.05) is 0 Å². The number of nitrogens with zero attached hydrogens (tertiary/aromatic N) is 2. The van der Waals surface area contributed by atoms with Crippen molar-refractivity contribution < 1.29 is 19.1 Å². The number of aromatic nitrogens is 1. The molecule has 0 saturated heterocycles. The first-order valence-electron chi connectivity index (χ1n) is 9.44.